The van der Waals surface area contributed by atoms with E-state index in [1.807, 2.05) is 6.92 Å². The maximum atomic E-state index is 12.2. The highest BCUT2D eigenvalue weighted by Crippen LogP contribution is 2.49. The lowest BCUT2D eigenvalue weighted by atomic mass is 10.0. The van der Waals surface area contributed by atoms with Crippen molar-refractivity contribution in [3.8, 4) is 0 Å². The Hall–Kier alpha value is -0.820. The number of nitrogens with zero attached hydrogens (tertiary/aromatic N) is 2. The van der Waals surface area contributed by atoms with Crippen LogP contribution >= 0.6 is 0 Å². The lowest BCUT2D eigenvalue weighted by molar-refractivity contribution is 0.174. The van der Waals surface area contributed by atoms with E-state index in [4.69, 9.17) is 9.73 Å². The molecule has 1 saturated heterocycles. The molecule has 6 nitrogen and oxygen atoms in total. The van der Waals surface area contributed by atoms with Crippen LogP contribution in [0.15, 0.2) is 4.99 Å². The topological polar surface area (TPSA) is 71.0 Å². The van der Waals surface area contributed by atoms with Gasteiger partial charge in [-0.2, -0.15) is 0 Å². The van der Waals surface area contributed by atoms with E-state index < -0.39 is 14.6 Å². The van der Waals surface area contributed by atoms with E-state index in [0.29, 0.717) is 18.5 Å². The number of ether oxygens (including phenoxy) is 1. The van der Waals surface area contributed by atoms with Crippen LogP contribution in [0.5, 0.6) is 0 Å². The van der Waals surface area contributed by atoms with Crippen molar-refractivity contribution >= 4 is 15.8 Å². The highest BCUT2D eigenvalue weighted by Gasteiger charge is 2.43. The smallest absolute Gasteiger partial charge is 0.194 e. The summed E-state index contributed by atoms with van der Waals surface area (Å²) in [4.78, 5) is 6.91. The van der Waals surface area contributed by atoms with Crippen molar-refractivity contribution in [2.24, 2.45) is 10.4 Å². The Labute approximate surface area is 140 Å². The van der Waals surface area contributed by atoms with Crippen LogP contribution in [-0.2, 0) is 14.6 Å². The molecule has 134 valence electrons. The summed E-state index contributed by atoms with van der Waals surface area (Å²) < 4.78 is 28.8. The Bertz CT molecular complexity index is 539. The Kier molecular flexibility index (Phi) is 5.61. The number of hydrogen-bond donors (Lipinski definition) is 1. The predicted octanol–water partition coefficient (Wildman–Crippen LogP) is 1.28. The molecule has 2 aliphatic rings. The minimum Gasteiger partial charge on any atom is -0.385 e. The van der Waals surface area contributed by atoms with E-state index in [9.17, 15) is 8.42 Å². The van der Waals surface area contributed by atoms with Crippen LogP contribution in [-0.4, -0.2) is 69.7 Å². The minimum absolute atomic E-state index is 0.194. The molecule has 1 heterocycles. The van der Waals surface area contributed by atoms with Gasteiger partial charge in [-0.25, -0.2) is 8.42 Å². The molecule has 7 heteroatoms. The summed E-state index contributed by atoms with van der Waals surface area (Å²) in [5, 5.41) is 3.32. The van der Waals surface area contributed by atoms with Gasteiger partial charge in [0.25, 0.3) is 0 Å². The molecule has 1 N–H and O–H groups in total. The first kappa shape index (κ1) is 18.5. The van der Waals surface area contributed by atoms with E-state index in [-0.39, 0.29) is 5.75 Å². The number of methoxy groups -OCH3 is 1. The van der Waals surface area contributed by atoms with Crippen LogP contribution in [0.25, 0.3) is 0 Å². The van der Waals surface area contributed by atoms with Crippen molar-refractivity contribution < 1.29 is 13.2 Å². The average molecular weight is 346 g/mol. The van der Waals surface area contributed by atoms with Crippen molar-refractivity contribution in [2.75, 3.05) is 45.6 Å². The maximum absolute atomic E-state index is 12.2. The molecule has 2 fully saturated rings. The van der Waals surface area contributed by atoms with Gasteiger partial charge in [-0.3, -0.25) is 4.99 Å². The highest BCUT2D eigenvalue weighted by molar-refractivity contribution is 7.92. The fraction of sp³-hybridized carbons (Fsp3) is 0.938. The van der Waals surface area contributed by atoms with E-state index in [1.54, 1.807) is 21.0 Å². The van der Waals surface area contributed by atoms with E-state index in [0.717, 1.165) is 32.1 Å². The van der Waals surface area contributed by atoms with Gasteiger partial charge < -0.3 is 15.0 Å². The zero-order chi connectivity index (χ0) is 17.1. The van der Waals surface area contributed by atoms with Gasteiger partial charge in [-0.1, -0.05) is 0 Å². The first-order valence-corrected chi connectivity index (χ1v) is 10.1. The molecule has 1 saturated carbocycles. The Morgan fingerprint density at radius 3 is 2.57 bits per heavy atom. The second kappa shape index (κ2) is 6.97. The van der Waals surface area contributed by atoms with Gasteiger partial charge in [-0.05, 0) is 45.4 Å². The standard InChI is InChI=1S/C16H31N3O3S/c1-5-17-14(18-12-16(6-7-16)8-10-22-4)19-9-11-23(20,21)15(2,3)13-19/h5-13H2,1-4H3,(H,17,18). The third-order valence-electron chi connectivity index (χ3n) is 5.04. The molecular weight excluding hydrogens is 314 g/mol. The first-order chi connectivity index (χ1) is 10.8. The van der Waals surface area contributed by atoms with Crippen LogP contribution in [0.3, 0.4) is 0 Å². The summed E-state index contributed by atoms with van der Waals surface area (Å²) in [6, 6.07) is 0. The van der Waals surface area contributed by atoms with Crippen LogP contribution in [0.2, 0.25) is 0 Å². The highest BCUT2D eigenvalue weighted by atomic mass is 32.2. The van der Waals surface area contributed by atoms with Crippen molar-refractivity contribution in [3.63, 3.8) is 0 Å². The average Bonchev–Trinajstić information content (AvgIpc) is 3.25. The zero-order valence-corrected chi connectivity index (χ0v) is 15.7. The summed E-state index contributed by atoms with van der Waals surface area (Å²) in [5.74, 6) is 1.04. The molecule has 0 aromatic heterocycles. The van der Waals surface area contributed by atoms with Gasteiger partial charge in [0.15, 0.2) is 15.8 Å². The Balaban J connectivity index is 2.05. The molecule has 0 amide bonds. The van der Waals surface area contributed by atoms with Crippen molar-refractivity contribution in [1.82, 2.24) is 10.2 Å². The van der Waals surface area contributed by atoms with Crippen molar-refractivity contribution in [3.05, 3.63) is 0 Å². The quantitative estimate of drug-likeness (QED) is 0.580. The van der Waals surface area contributed by atoms with E-state index in [1.165, 1.54) is 12.8 Å². The van der Waals surface area contributed by atoms with Crippen molar-refractivity contribution in [1.29, 1.82) is 0 Å². The monoisotopic (exact) mass is 345 g/mol. The second-order valence-electron chi connectivity index (χ2n) is 7.41. The van der Waals surface area contributed by atoms with Gasteiger partial charge in [0, 0.05) is 39.9 Å². The number of sulfone groups is 1. The van der Waals surface area contributed by atoms with Gasteiger partial charge in [0.05, 0.1) is 10.5 Å². The summed E-state index contributed by atoms with van der Waals surface area (Å²) in [7, 11) is -1.29. The molecule has 1 aliphatic heterocycles. The molecule has 0 spiro atoms. The van der Waals surface area contributed by atoms with Crippen LogP contribution < -0.4 is 5.32 Å². The lowest BCUT2D eigenvalue weighted by Crippen LogP contribution is -2.57. The Morgan fingerprint density at radius 2 is 2.04 bits per heavy atom. The van der Waals surface area contributed by atoms with Gasteiger partial charge >= 0.3 is 0 Å². The zero-order valence-electron chi connectivity index (χ0n) is 14.9. The SMILES string of the molecule is CCNC(=NCC1(CCOC)CC1)N1CCS(=O)(=O)C(C)(C)C1. The Morgan fingerprint density at radius 1 is 1.35 bits per heavy atom. The van der Waals surface area contributed by atoms with Crippen LogP contribution in [0.1, 0.15) is 40.0 Å². The third kappa shape index (κ3) is 4.38. The molecule has 1 aliphatic carbocycles. The molecule has 0 bridgehead atoms. The predicted molar refractivity (Wildman–Crippen MR) is 93.6 cm³/mol. The van der Waals surface area contributed by atoms with E-state index >= 15 is 0 Å². The summed E-state index contributed by atoms with van der Waals surface area (Å²) in [5.41, 5.74) is 0.300. The molecule has 0 aromatic rings. The number of aliphatic imine (C=N–C) groups is 1. The number of nitrogens with one attached hydrogen (secondary N) is 1. The second-order valence-corrected chi connectivity index (χ2v) is 10.2. The summed E-state index contributed by atoms with van der Waals surface area (Å²) in [6.07, 6.45) is 3.46. The van der Waals surface area contributed by atoms with E-state index in [2.05, 4.69) is 10.2 Å². The number of hydrogen-bond acceptors (Lipinski definition) is 4. The molecular formula is C16H31N3O3S. The number of guanidine groups is 1. The fourth-order valence-electron chi connectivity index (χ4n) is 2.98. The maximum Gasteiger partial charge on any atom is 0.194 e. The van der Waals surface area contributed by atoms with Gasteiger partial charge in [0.2, 0.25) is 0 Å². The van der Waals surface area contributed by atoms with Crippen LogP contribution in [0.4, 0.5) is 0 Å². The molecule has 0 unspecified atom stereocenters. The summed E-state index contributed by atoms with van der Waals surface area (Å²) in [6.45, 7) is 9.02. The van der Waals surface area contributed by atoms with Crippen molar-refractivity contribution in [2.45, 2.75) is 44.8 Å². The third-order valence-corrected chi connectivity index (χ3v) is 7.57. The van der Waals surface area contributed by atoms with Crippen LogP contribution in [0, 0.1) is 5.41 Å². The summed E-state index contributed by atoms with van der Waals surface area (Å²) >= 11 is 0. The largest absolute Gasteiger partial charge is 0.385 e. The molecule has 0 aromatic carbocycles. The molecule has 0 radical (unpaired) electrons. The van der Waals surface area contributed by atoms with Gasteiger partial charge in [0.1, 0.15) is 0 Å². The normalized spacial score (nSPS) is 25.2. The first-order valence-electron chi connectivity index (χ1n) is 8.50. The number of rotatable bonds is 6. The fourth-order valence-corrected chi connectivity index (χ4v) is 4.34. The molecule has 2 rings (SSSR count). The molecule has 23 heavy (non-hydrogen) atoms. The molecule has 0 atom stereocenters. The minimum atomic E-state index is -3.03. The van der Waals surface area contributed by atoms with Gasteiger partial charge in [-0.15, -0.1) is 0 Å². The lowest BCUT2D eigenvalue weighted by Gasteiger charge is -2.39.